The van der Waals surface area contributed by atoms with Crippen LogP contribution in [0.4, 0.5) is 0 Å². The second kappa shape index (κ2) is 6.65. The van der Waals surface area contributed by atoms with E-state index in [4.69, 9.17) is 16.9 Å². The summed E-state index contributed by atoms with van der Waals surface area (Å²) in [6.45, 7) is 0. The second-order valence-electron chi connectivity index (χ2n) is 4.58. The lowest BCUT2D eigenvalue weighted by Crippen LogP contribution is -1.84. The zero-order valence-electron chi connectivity index (χ0n) is 11.5. The van der Waals surface area contributed by atoms with Gasteiger partial charge in [0.1, 0.15) is 11.8 Å². The number of benzene rings is 2. The van der Waals surface area contributed by atoms with E-state index in [1.165, 1.54) is 5.56 Å². The molecule has 6 heteroatoms. The summed E-state index contributed by atoms with van der Waals surface area (Å²) < 4.78 is 0. The van der Waals surface area contributed by atoms with Crippen molar-refractivity contribution in [3.63, 3.8) is 0 Å². The topological polar surface area (TPSA) is 65.4 Å². The van der Waals surface area contributed by atoms with Crippen LogP contribution < -0.4 is 0 Å². The third kappa shape index (κ3) is 3.30. The molecule has 1 aromatic heterocycles. The average molecular weight is 327 g/mol. The summed E-state index contributed by atoms with van der Waals surface area (Å²) in [5, 5.41) is 20.1. The lowest BCUT2D eigenvalue weighted by molar-refractivity contribution is 0.937. The van der Waals surface area contributed by atoms with Crippen molar-refractivity contribution in [1.82, 2.24) is 15.4 Å². The molecule has 0 aliphatic carbocycles. The monoisotopic (exact) mass is 326 g/mol. The van der Waals surface area contributed by atoms with E-state index in [9.17, 15) is 0 Å². The molecule has 0 aliphatic rings. The van der Waals surface area contributed by atoms with E-state index in [0.717, 1.165) is 21.2 Å². The summed E-state index contributed by atoms with van der Waals surface area (Å²) in [4.78, 5) is 1.11. The van der Waals surface area contributed by atoms with Crippen LogP contribution in [0.3, 0.4) is 0 Å². The fourth-order valence-electron chi connectivity index (χ4n) is 1.99. The van der Waals surface area contributed by atoms with Gasteiger partial charge in [-0.2, -0.15) is 15.6 Å². The fourth-order valence-corrected chi connectivity index (χ4v) is 3.03. The van der Waals surface area contributed by atoms with E-state index in [0.29, 0.717) is 11.4 Å². The number of hydrogen-bond acceptors (Lipinski definition) is 4. The molecule has 22 heavy (non-hydrogen) atoms. The number of hydrogen-bond donors (Lipinski definition) is 1. The fraction of sp³-hybridized carbons (Fsp3) is 0.0625. The van der Waals surface area contributed by atoms with Crippen molar-refractivity contribution in [3.05, 3.63) is 64.8 Å². The molecule has 0 amide bonds. The van der Waals surface area contributed by atoms with Crippen LogP contribution in [0, 0.1) is 11.3 Å². The zero-order valence-corrected chi connectivity index (χ0v) is 13.0. The molecule has 3 rings (SSSR count). The molecule has 0 atom stereocenters. The number of thioether (sulfide) groups is 1. The number of nitrogens with zero attached hydrogens (tertiary/aromatic N) is 3. The van der Waals surface area contributed by atoms with Gasteiger partial charge in [-0.25, -0.2) is 0 Å². The Morgan fingerprint density at radius 2 is 1.95 bits per heavy atom. The normalized spacial score (nSPS) is 10.4. The molecule has 3 aromatic rings. The Balaban J connectivity index is 1.77. The molecule has 4 nitrogen and oxygen atoms in total. The van der Waals surface area contributed by atoms with Crippen molar-refractivity contribution >= 4 is 23.4 Å². The highest BCUT2D eigenvalue weighted by Crippen LogP contribution is 2.28. The summed E-state index contributed by atoms with van der Waals surface area (Å²) in [5.41, 5.74) is 2.97. The summed E-state index contributed by atoms with van der Waals surface area (Å²) >= 11 is 7.61. The van der Waals surface area contributed by atoms with E-state index in [1.807, 2.05) is 54.6 Å². The number of rotatable bonds is 4. The Morgan fingerprint density at radius 3 is 2.73 bits per heavy atom. The minimum atomic E-state index is 0.305. The molecule has 108 valence electrons. The minimum absolute atomic E-state index is 0.305. The van der Waals surface area contributed by atoms with Gasteiger partial charge < -0.3 is 0 Å². The third-order valence-electron chi connectivity index (χ3n) is 3.08. The van der Waals surface area contributed by atoms with E-state index in [-0.39, 0.29) is 0 Å². The van der Waals surface area contributed by atoms with Crippen LogP contribution in [0.5, 0.6) is 0 Å². The zero-order chi connectivity index (χ0) is 15.4. The highest BCUT2D eigenvalue weighted by molar-refractivity contribution is 7.98. The average Bonchev–Trinajstić information content (AvgIpc) is 3.03. The maximum absolute atomic E-state index is 9.02. The van der Waals surface area contributed by atoms with Crippen LogP contribution in [0.15, 0.2) is 53.4 Å². The maximum Gasteiger partial charge on any atom is 0.190 e. The molecule has 0 radical (unpaired) electrons. The Hall–Kier alpha value is -2.29. The molecule has 0 unspecified atom stereocenters. The van der Waals surface area contributed by atoms with Gasteiger partial charge in [-0.05, 0) is 29.8 Å². The Bertz CT molecular complexity index is 821. The molecular formula is C16H11ClN4S. The van der Waals surface area contributed by atoms with Crippen molar-refractivity contribution in [2.75, 3.05) is 0 Å². The van der Waals surface area contributed by atoms with E-state index < -0.39 is 0 Å². The van der Waals surface area contributed by atoms with Gasteiger partial charge in [-0.1, -0.05) is 35.9 Å². The van der Waals surface area contributed by atoms with Crippen LogP contribution in [-0.2, 0) is 5.75 Å². The van der Waals surface area contributed by atoms with E-state index >= 15 is 0 Å². The van der Waals surface area contributed by atoms with Gasteiger partial charge >= 0.3 is 0 Å². The van der Waals surface area contributed by atoms with E-state index in [2.05, 4.69) is 15.4 Å². The molecule has 0 fully saturated rings. The van der Waals surface area contributed by atoms with Crippen molar-refractivity contribution < 1.29 is 0 Å². The first-order valence-corrected chi connectivity index (χ1v) is 7.91. The summed E-state index contributed by atoms with van der Waals surface area (Å²) in [7, 11) is 0. The Morgan fingerprint density at radius 1 is 1.14 bits per heavy atom. The van der Waals surface area contributed by atoms with Gasteiger partial charge in [-0.15, -0.1) is 16.9 Å². The highest BCUT2D eigenvalue weighted by Gasteiger charge is 2.10. The molecule has 0 saturated heterocycles. The van der Waals surface area contributed by atoms with Crippen molar-refractivity contribution in [2.45, 2.75) is 10.6 Å². The van der Waals surface area contributed by atoms with Gasteiger partial charge in [0.05, 0.1) is 0 Å². The Labute approximate surface area is 137 Å². The number of halogens is 1. The molecule has 0 saturated carbocycles. The summed E-state index contributed by atoms with van der Waals surface area (Å²) in [5.74, 6) is 0.852. The summed E-state index contributed by atoms with van der Waals surface area (Å²) in [6, 6.07) is 17.8. The van der Waals surface area contributed by atoms with Crippen LogP contribution in [-0.4, -0.2) is 15.4 Å². The standard InChI is InChI=1S/C16H11ClN4S/c17-13-6-4-11(5-7-13)10-22-14-3-1-2-12(8-14)16-15(9-18)19-21-20-16/h1-8H,10H2,(H,19,20,21). The smallest absolute Gasteiger partial charge is 0.190 e. The van der Waals surface area contributed by atoms with Crippen molar-refractivity contribution in [1.29, 1.82) is 5.26 Å². The van der Waals surface area contributed by atoms with Crippen LogP contribution in [0.25, 0.3) is 11.3 Å². The van der Waals surface area contributed by atoms with Crippen LogP contribution in [0.1, 0.15) is 11.3 Å². The molecule has 2 aromatic carbocycles. The van der Waals surface area contributed by atoms with Gasteiger partial charge in [0.25, 0.3) is 0 Å². The number of H-pyrrole nitrogens is 1. The molecular weight excluding hydrogens is 316 g/mol. The number of nitriles is 1. The lowest BCUT2D eigenvalue weighted by atomic mass is 10.1. The third-order valence-corrected chi connectivity index (χ3v) is 4.40. The van der Waals surface area contributed by atoms with Gasteiger partial charge in [0, 0.05) is 21.2 Å². The molecule has 0 spiro atoms. The number of nitrogens with one attached hydrogen (secondary N) is 1. The first-order chi connectivity index (χ1) is 10.8. The predicted octanol–water partition coefficient (Wildman–Crippen LogP) is 4.29. The largest absolute Gasteiger partial charge is 0.196 e. The van der Waals surface area contributed by atoms with Crippen molar-refractivity contribution in [2.24, 2.45) is 0 Å². The first-order valence-electron chi connectivity index (χ1n) is 6.55. The second-order valence-corrected chi connectivity index (χ2v) is 6.06. The predicted molar refractivity (Wildman–Crippen MR) is 87.5 cm³/mol. The molecule has 1 heterocycles. The highest BCUT2D eigenvalue weighted by atomic mass is 35.5. The van der Waals surface area contributed by atoms with Gasteiger partial charge in [0.2, 0.25) is 0 Å². The Kier molecular flexibility index (Phi) is 4.42. The number of aromatic amines is 1. The van der Waals surface area contributed by atoms with Gasteiger partial charge in [-0.3, -0.25) is 0 Å². The quantitative estimate of drug-likeness (QED) is 0.726. The molecule has 0 aliphatic heterocycles. The maximum atomic E-state index is 9.02. The van der Waals surface area contributed by atoms with Gasteiger partial charge in [0.15, 0.2) is 5.69 Å². The minimum Gasteiger partial charge on any atom is -0.196 e. The SMILES string of the molecule is N#Cc1n[nH]nc1-c1cccc(SCc2ccc(Cl)cc2)c1. The van der Waals surface area contributed by atoms with Crippen molar-refractivity contribution in [3.8, 4) is 17.3 Å². The molecule has 0 bridgehead atoms. The van der Waals surface area contributed by atoms with Crippen LogP contribution >= 0.6 is 23.4 Å². The van der Waals surface area contributed by atoms with E-state index in [1.54, 1.807) is 11.8 Å². The number of aromatic nitrogens is 3. The first kappa shape index (κ1) is 14.6. The lowest BCUT2D eigenvalue weighted by Gasteiger charge is -2.04. The molecule has 1 N–H and O–H groups in total. The van der Waals surface area contributed by atoms with Crippen LogP contribution in [0.2, 0.25) is 5.02 Å². The summed E-state index contributed by atoms with van der Waals surface area (Å²) in [6.07, 6.45) is 0.